The van der Waals surface area contributed by atoms with Crippen molar-refractivity contribution in [3.63, 3.8) is 0 Å². The molecule has 2 aliphatic carbocycles. The van der Waals surface area contributed by atoms with E-state index in [2.05, 4.69) is 28.2 Å². The van der Waals surface area contributed by atoms with Crippen LogP contribution in [0.2, 0.25) is 0 Å². The number of hydrogen-bond donors (Lipinski definition) is 1. The number of halogens is 1. The minimum atomic E-state index is 0.121. The molecule has 0 heterocycles. The lowest BCUT2D eigenvalue weighted by molar-refractivity contribution is -0.127. The SMILES string of the molecule is CCCCC1CCC(C(=O)NC2(CBr)CC2)CC1. The highest BCUT2D eigenvalue weighted by molar-refractivity contribution is 9.09. The molecule has 2 saturated carbocycles. The van der Waals surface area contributed by atoms with Gasteiger partial charge in [-0.1, -0.05) is 42.1 Å². The van der Waals surface area contributed by atoms with E-state index in [1.54, 1.807) is 0 Å². The van der Waals surface area contributed by atoms with Crippen LogP contribution in [0.3, 0.4) is 0 Å². The number of carbonyl (C=O) groups is 1. The van der Waals surface area contributed by atoms with Crippen LogP contribution in [0.4, 0.5) is 0 Å². The fourth-order valence-corrected chi connectivity index (χ4v) is 3.71. The van der Waals surface area contributed by atoms with Gasteiger partial charge in [0, 0.05) is 16.8 Å². The van der Waals surface area contributed by atoms with Gasteiger partial charge in [-0.25, -0.2) is 0 Å². The molecule has 0 radical (unpaired) electrons. The Hall–Kier alpha value is -0.0500. The summed E-state index contributed by atoms with van der Waals surface area (Å²) in [4.78, 5) is 12.2. The Morgan fingerprint density at radius 2 is 1.94 bits per heavy atom. The van der Waals surface area contributed by atoms with Crippen molar-refractivity contribution >= 4 is 21.8 Å². The first-order valence-corrected chi connectivity index (χ1v) is 8.69. The molecule has 0 unspecified atom stereocenters. The van der Waals surface area contributed by atoms with E-state index in [9.17, 15) is 4.79 Å². The molecule has 0 bridgehead atoms. The van der Waals surface area contributed by atoms with Crippen molar-refractivity contribution in [2.75, 3.05) is 5.33 Å². The number of nitrogens with one attached hydrogen (secondary N) is 1. The van der Waals surface area contributed by atoms with Crippen molar-refractivity contribution in [3.8, 4) is 0 Å². The fraction of sp³-hybridized carbons (Fsp3) is 0.933. The second-order valence-corrected chi connectivity index (χ2v) is 6.82. The van der Waals surface area contributed by atoms with Gasteiger partial charge in [0.05, 0.1) is 0 Å². The lowest BCUT2D eigenvalue weighted by atomic mass is 9.79. The molecule has 0 spiro atoms. The summed E-state index contributed by atoms with van der Waals surface area (Å²) in [5.41, 5.74) is 0.121. The lowest BCUT2D eigenvalue weighted by Gasteiger charge is -2.29. The number of rotatable bonds is 6. The third-order valence-electron chi connectivity index (χ3n) is 4.68. The monoisotopic (exact) mass is 315 g/mol. The summed E-state index contributed by atoms with van der Waals surface area (Å²) in [6.45, 7) is 2.26. The molecule has 2 rings (SSSR count). The summed E-state index contributed by atoms with van der Waals surface area (Å²) >= 11 is 3.51. The van der Waals surface area contributed by atoms with Gasteiger partial charge in [0.15, 0.2) is 0 Å². The van der Waals surface area contributed by atoms with Crippen molar-refractivity contribution in [2.24, 2.45) is 11.8 Å². The molecule has 2 fully saturated rings. The predicted octanol–water partition coefficient (Wildman–Crippen LogP) is 4.03. The lowest BCUT2D eigenvalue weighted by Crippen LogP contribution is -2.42. The van der Waals surface area contributed by atoms with E-state index in [1.165, 1.54) is 32.1 Å². The molecule has 0 atom stereocenters. The molecular weight excluding hydrogens is 290 g/mol. The Morgan fingerprint density at radius 1 is 1.28 bits per heavy atom. The second kappa shape index (κ2) is 6.40. The van der Waals surface area contributed by atoms with E-state index in [1.807, 2.05) is 0 Å². The van der Waals surface area contributed by atoms with Crippen molar-refractivity contribution in [1.29, 1.82) is 0 Å². The van der Waals surface area contributed by atoms with Crippen LogP contribution in [0.1, 0.15) is 64.7 Å². The molecule has 18 heavy (non-hydrogen) atoms. The molecular formula is C15H26BrNO. The first-order chi connectivity index (χ1) is 8.69. The summed E-state index contributed by atoms with van der Waals surface area (Å²) in [7, 11) is 0. The molecule has 0 aromatic heterocycles. The number of hydrogen-bond acceptors (Lipinski definition) is 1. The van der Waals surface area contributed by atoms with Gasteiger partial charge in [0.25, 0.3) is 0 Å². The zero-order valence-electron chi connectivity index (χ0n) is 11.5. The second-order valence-electron chi connectivity index (χ2n) is 6.26. The normalized spacial score (nSPS) is 29.9. The van der Waals surface area contributed by atoms with E-state index in [4.69, 9.17) is 0 Å². The van der Waals surface area contributed by atoms with Crippen LogP contribution < -0.4 is 5.32 Å². The topological polar surface area (TPSA) is 29.1 Å². The molecule has 0 saturated heterocycles. The molecule has 0 aliphatic heterocycles. The average Bonchev–Trinajstić information content (AvgIpc) is 3.17. The first kappa shape index (κ1) is 14.4. The maximum absolute atomic E-state index is 12.2. The third-order valence-corrected chi connectivity index (χ3v) is 5.75. The van der Waals surface area contributed by atoms with Gasteiger partial charge in [-0.05, 0) is 44.4 Å². The number of amides is 1. The van der Waals surface area contributed by atoms with E-state index >= 15 is 0 Å². The predicted molar refractivity (Wildman–Crippen MR) is 78.9 cm³/mol. The van der Waals surface area contributed by atoms with Gasteiger partial charge < -0.3 is 5.32 Å². The summed E-state index contributed by atoms with van der Waals surface area (Å²) in [5, 5.41) is 4.17. The van der Waals surface area contributed by atoms with Crippen LogP contribution >= 0.6 is 15.9 Å². The molecule has 3 heteroatoms. The Labute approximate surface area is 119 Å². The Bertz CT molecular complexity index is 280. The zero-order valence-corrected chi connectivity index (χ0v) is 13.1. The van der Waals surface area contributed by atoms with Gasteiger partial charge >= 0.3 is 0 Å². The Kier molecular flexibility index (Phi) is 5.11. The highest BCUT2D eigenvalue weighted by atomic mass is 79.9. The summed E-state index contributed by atoms with van der Waals surface area (Å²) in [6.07, 6.45) is 11.1. The molecule has 2 aliphatic rings. The van der Waals surface area contributed by atoms with Gasteiger partial charge in [-0.3, -0.25) is 4.79 Å². The van der Waals surface area contributed by atoms with Crippen molar-refractivity contribution < 1.29 is 4.79 Å². The van der Waals surface area contributed by atoms with Gasteiger partial charge in [0.1, 0.15) is 0 Å². The molecule has 104 valence electrons. The molecule has 1 N–H and O–H groups in total. The van der Waals surface area contributed by atoms with Crippen molar-refractivity contribution in [1.82, 2.24) is 5.32 Å². The fourth-order valence-electron chi connectivity index (χ4n) is 3.01. The number of unbranched alkanes of at least 4 members (excludes halogenated alkanes) is 1. The largest absolute Gasteiger partial charge is 0.350 e. The molecule has 0 aromatic rings. The molecule has 0 aromatic carbocycles. The van der Waals surface area contributed by atoms with Crippen LogP contribution in [0.5, 0.6) is 0 Å². The molecule has 2 nitrogen and oxygen atoms in total. The van der Waals surface area contributed by atoms with Crippen LogP contribution in [-0.2, 0) is 4.79 Å². The number of alkyl halides is 1. The minimum Gasteiger partial charge on any atom is -0.350 e. The van der Waals surface area contributed by atoms with E-state index < -0.39 is 0 Å². The third kappa shape index (κ3) is 3.72. The first-order valence-electron chi connectivity index (χ1n) is 7.57. The zero-order chi connectivity index (χ0) is 13.0. The quantitative estimate of drug-likeness (QED) is 0.737. The Morgan fingerprint density at radius 3 is 2.44 bits per heavy atom. The van der Waals surface area contributed by atoms with E-state index in [0.29, 0.717) is 11.8 Å². The average molecular weight is 316 g/mol. The maximum Gasteiger partial charge on any atom is 0.223 e. The summed E-state index contributed by atoms with van der Waals surface area (Å²) in [6, 6.07) is 0. The Balaban J connectivity index is 1.70. The summed E-state index contributed by atoms with van der Waals surface area (Å²) in [5.74, 6) is 1.50. The van der Waals surface area contributed by atoms with E-state index in [0.717, 1.165) is 36.9 Å². The maximum atomic E-state index is 12.2. The van der Waals surface area contributed by atoms with E-state index in [-0.39, 0.29) is 5.54 Å². The van der Waals surface area contributed by atoms with Crippen LogP contribution in [0.15, 0.2) is 0 Å². The van der Waals surface area contributed by atoms with Crippen LogP contribution in [0, 0.1) is 11.8 Å². The number of carbonyl (C=O) groups excluding carboxylic acids is 1. The van der Waals surface area contributed by atoms with Gasteiger partial charge in [-0.15, -0.1) is 0 Å². The van der Waals surface area contributed by atoms with Gasteiger partial charge in [0.2, 0.25) is 5.91 Å². The van der Waals surface area contributed by atoms with Crippen LogP contribution in [-0.4, -0.2) is 16.8 Å². The minimum absolute atomic E-state index is 0.121. The smallest absolute Gasteiger partial charge is 0.223 e. The van der Waals surface area contributed by atoms with Crippen LogP contribution in [0.25, 0.3) is 0 Å². The summed E-state index contributed by atoms with van der Waals surface area (Å²) < 4.78 is 0. The van der Waals surface area contributed by atoms with Crippen molar-refractivity contribution in [2.45, 2.75) is 70.3 Å². The highest BCUT2D eigenvalue weighted by Gasteiger charge is 2.44. The standard InChI is InChI=1S/C15H26BrNO/c1-2-3-4-12-5-7-13(8-6-12)14(18)17-15(11-16)9-10-15/h12-13H,2-11H2,1H3,(H,17,18). The highest BCUT2D eigenvalue weighted by Crippen LogP contribution is 2.38. The van der Waals surface area contributed by atoms with Gasteiger partial charge in [-0.2, -0.15) is 0 Å². The molecule has 1 amide bonds. The van der Waals surface area contributed by atoms with Crippen molar-refractivity contribution in [3.05, 3.63) is 0 Å².